The van der Waals surface area contributed by atoms with E-state index >= 15 is 0 Å². The number of sulfonamides is 1. The molecule has 1 aliphatic rings. The maximum absolute atomic E-state index is 12.7. The molecule has 7 nitrogen and oxygen atoms in total. The number of hydrogen-bond donors (Lipinski definition) is 1. The van der Waals surface area contributed by atoms with Crippen LogP contribution in [0.4, 0.5) is 4.79 Å². The summed E-state index contributed by atoms with van der Waals surface area (Å²) < 4.78 is 32.0. The van der Waals surface area contributed by atoms with Crippen LogP contribution in [0.15, 0.2) is 24.3 Å². The van der Waals surface area contributed by atoms with Crippen LogP contribution in [-0.4, -0.2) is 43.5 Å². The fourth-order valence-electron chi connectivity index (χ4n) is 2.76. The molecular weight excluding hydrogens is 354 g/mol. The first-order valence-electron chi connectivity index (χ1n) is 8.55. The number of alkyl carbamates (subject to hydrolysis) is 1. The number of amides is 1. The number of carbonyl (C=O) groups excluding carboxylic acids is 1. The van der Waals surface area contributed by atoms with E-state index in [1.807, 2.05) is 6.07 Å². The number of hydrogen-bond acceptors (Lipinski definition) is 5. The molecule has 1 amide bonds. The Hall–Kier alpha value is -2.11. The summed E-state index contributed by atoms with van der Waals surface area (Å²) in [5.74, 6) is -0.127. The van der Waals surface area contributed by atoms with Crippen molar-refractivity contribution in [2.24, 2.45) is 0 Å². The molecule has 1 fully saturated rings. The Kier molecular flexibility index (Phi) is 6.26. The second kappa shape index (κ2) is 8.06. The fraction of sp³-hybridized carbons (Fsp3) is 0.556. The summed E-state index contributed by atoms with van der Waals surface area (Å²) >= 11 is 0. The van der Waals surface area contributed by atoms with Gasteiger partial charge in [-0.3, -0.25) is 0 Å². The topological polar surface area (TPSA) is 99.5 Å². The number of carbonyl (C=O) groups is 1. The lowest BCUT2D eigenvalue weighted by atomic mass is 10.1. The standard InChI is InChI=1S/C18H25N3O4S/c1-18(2,3)25-17(22)20-16-5-4-10-21(12-16)26(23,24)13-15-8-6-14(11-19)7-9-15/h6-9,16H,4-5,10,12-13H2,1-3H3,(H,20,22)/t16-/m0/s1. The first-order chi connectivity index (χ1) is 12.1. The van der Waals surface area contributed by atoms with Gasteiger partial charge in [0.25, 0.3) is 0 Å². The number of rotatable bonds is 4. The number of ether oxygens (including phenoxy) is 1. The van der Waals surface area contributed by atoms with Gasteiger partial charge in [-0.15, -0.1) is 0 Å². The van der Waals surface area contributed by atoms with Gasteiger partial charge in [0.2, 0.25) is 10.0 Å². The van der Waals surface area contributed by atoms with Crippen molar-refractivity contribution in [3.63, 3.8) is 0 Å². The maximum Gasteiger partial charge on any atom is 0.407 e. The zero-order valence-electron chi connectivity index (χ0n) is 15.4. The van der Waals surface area contributed by atoms with E-state index in [1.54, 1.807) is 45.0 Å². The lowest BCUT2D eigenvalue weighted by Crippen LogP contribution is -2.50. The minimum atomic E-state index is -3.50. The van der Waals surface area contributed by atoms with Crippen molar-refractivity contribution in [2.45, 2.75) is 51.0 Å². The molecule has 26 heavy (non-hydrogen) atoms. The molecule has 0 unspecified atom stereocenters. The van der Waals surface area contributed by atoms with E-state index in [-0.39, 0.29) is 18.3 Å². The summed E-state index contributed by atoms with van der Waals surface area (Å²) in [5.41, 5.74) is 0.525. The van der Waals surface area contributed by atoms with E-state index in [4.69, 9.17) is 10.00 Å². The number of nitrogens with zero attached hydrogens (tertiary/aromatic N) is 2. The largest absolute Gasteiger partial charge is 0.444 e. The van der Waals surface area contributed by atoms with Gasteiger partial charge in [-0.25, -0.2) is 13.2 Å². The first-order valence-corrected chi connectivity index (χ1v) is 10.2. The Bertz CT molecular complexity index is 776. The zero-order chi connectivity index (χ0) is 19.4. The van der Waals surface area contributed by atoms with Crippen LogP contribution in [-0.2, 0) is 20.5 Å². The van der Waals surface area contributed by atoms with Gasteiger partial charge in [0.15, 0.2) is 0 Å². The Balaban J connectivity index is 1.98. The van der Waals surface area contributed by atoms with Crippen molar-refractivity contribution in [1.82, 2.24) is 9.62 Å². The number of nitrogens with one attached hydrogen (secondary N) is 1. The number of nitriles is 1. The van der Waals surface area contributed by atoms with Crippen molar-refractivity contribution < 1.29 is 17.9 Å². The van der Waals surface area contributed by atoms with E-state index in [2.05, 4.69) is 5.32 Å². The van der Waals surface area contributed by atoms with Crippen LogP contribution in [0, 0.1) is 11.3 Å². The number of piperidine rings is 1. The van der Waals surface area contributed by atoms with Gasteiger partial charge in [0.05, 0.1) is 17.4 Å². The van der Waals surface area contributed by atoms with E-state index in [0.717, 1.165) is 0 Å². The molecule has 8 heteroatoms. The van der Waals surface area contributed by atoms with Crippen LogP contribution >= 0.6 is 0 Å². The van der Waals surface area contributed by atoms with E-state index in [1.165, 1.54) is 4.31 Å². The summed E-state index contributed by atoms with van der Waals surface area (Å²) in [6, 6.07) is 8.25. The summed E-state index contributed by atoms with van der Waals surface area (Å²) in [6.07, 6.45) is 0.851. The summed E-state index contributed by atoms with van der Waals surface area (Å²) in [6.45, 7) is 6.01. The smallest absolute Gasteiger partial charge is 0.407 e. The summed E-state index contributed by atoms with van der Waals surface area (Å²) in [7, 11) is -3.50. The van der Waals surface area contributed by atoms with Gasteiger partial charge >= 0.3 is 6.09 Å². The molecule has 0 bridgehead atoms. The highest BCUT2D eigenvalue weighted by atomic mass is 32.2. The lowest BCUT2D eigenvalue weighted by molar-refractivity contribution is 0.0487. The van der Waals surface area contributed by atoms with Crippen LogP contribution in [0.1, 0.15) is 44.7 Å². The highest BCUT2D eigenvalue weighted by Crippen LogP contribution is 2.18. The molecule has 1 aromatic carbocycles. The molecule has 1 heterocycles. The van der Waals surface area contributed by atoms with E-state index in [9.17, 15) is 13.2 Å². The van der Waals surface area contributed by atoms with Gasteiger partial charge in [0.1, 0.15) is 5.60 Å². The van der Waals surface area contributed by atoms with Crippen LogP contribution in [0.3, 0.4) is 0 Å². The minimum Gasteiger partial charge on any atom is -0.444 e. The highest BCUT2D eigenvalue weighted by Gasteiger charge is 2.30. The molecule has 0 saturated carbocycles. The van der Waals surface area contributed by atoms with Crippen molar-refractivity contribution in [3.05, 3.63) is 35.4 Å². The van der Waals surface area contributed by atoms with E-state index < -0.39 is 21.7 Å². The Morgan fingerprint density at radius 3 is 2.58 bits per heavy atom. The van der Waals surface area contributed by atoms with Crippen molar-refractivity contribution in [3.8, 4) is 6.07 Å². The summed E-state index contributed by atoms with van der Waals surface area (Å²) in [5, 5.41) is 11.6. The minimum absolute atomic E-state index is 0.127. The molecule has 1 aromatic rings. The Labute approximate surface area is 155 Å². The first kappa shape index (κ1) is 20.2. The molecule has 2 rings (SSSR count). The normalized spacial score (nSPS) is 18.8. The summed E-state index contributed by atoms with van der Waals surface area (Å²) in [4.78, 5) is 11.9. The van der Waals surface area contributed by atoms with Crippen molar-refractivity contribution in [2.75, 3.05) is 13.1 Å². The third-order valence-corrected chi connectivity index (χ3v) is 5.75. The second-order valence-electron chi connectivity index (χ2n) is 7.41. The molecule has 1 saturated heterocycles. The molecule has 0 aliphatic carbocycles. The van der Waals surface area contributed by atoms with Crippen LogP contribution in [0.2, 0.25) is 0 Å². The third kappa shape index (κ3) is 6.00. The predicted octanol–water partition coefficient (Wildman–Crippen LogP) is 2.38. The monoisotopic (exact) mass is 379 g/mol. The van der Waals surface area contributed by atoms with Gasteiger partial charge in [-0.2, -0.15) is 9.57 Å². The molecular formula is C18H25N3O4S. The lowest BCUT2D eigenvalue weighted by Gasteiger charge is -2.32. The van der Waals surface area contributed by atoms with Crippen LogP contribution in [0.25, 0.3) is 0 Å². The molecule has 1 aliphatic heterocycles. The molecule has 0 radical (unpaired) electrons. The Morgan fingerprint density at radius 2 is 2.00 bits per heavy atom. The maximum atomic E-state index is 12.7. The van der Waals surface area contributed by atoms with Gasteiger partial charge in [-0.1, -0.05) is 12.1 Å². The quantitative estimate of drug-likeness (QED) is 0.866. The van der Waals surface area contributed by atoms with E-state index in [0.29, 0.717) is 30.5 Å². The van der Waals surface area contributed by atoms with Crippen molar-refractivity contribution >= 4 is 16.1 Å². The SMILES string of the molecule is CC(C)(C)OC(=O)N[C@H]1CCCN(S(=O)(=O)Cc2ccc(C#N)cc2)C1. The second-order valence-corrected chi connectivity index (χ2v) is 9.38. The van der Waals surface area contributed by atoms with Crippen molar-refractivity contribution in [1.29, 1.82) is 5.26 Å². The van der Waals surface area contributed by atoms with Gasteiger partial charge in [0, 0.05) is 19.1 Å². The van der Waals surface area contributed by atoms with Gasteiger partial charge < -0.3 is 10.1 Å². The average molecular weight is 379 g/mol. The molecule has 142 valence electrons. The Morgan fingerprint density at radius 1 is 1.35 bits per heavy atom. The van der Waals surface area contributed by atoms with Crippen LogP contribution in [0.5, 0.6) is 0 Å². The fourth-order valence-corrected chi connectivity index (χ4v) is 4.38. The third-order valence-electron chi connectivity index (χ3n) is 3.93. The molecule has 1 N–H and O–H groups in total. The van der Waals surface area contributed by atoms with Crippen LogP contribution < -0.4 is 5.32 Å². The molecule has 1 atom stereocenters. The zero-order valence-corrected chi connectivity index (χ0v) is 16.2. The highest BCUT2D eigenvalue weighted by molar-refractivity contribution is 7.88. The molecule has 0 spiro atoms. The average Bonchev–Trinajstić information content (AvgIpc) is 2.53. The predicted molar refractivity (Wildman–Crippen MR) is 97.7 cm³/mol. The molecule has 0 aromatic heterocycles. The van der Waals surface area contributed by atoms with Gasteiger partial charge in [-0.05, 0) is 51.3 Å². The number of benzene rings is 1.